The van der Waals surface area contributed by atoms with Gasteiger partial charge < -0.3 is 4.74 Å². The van der Waals surface area contributed by atoms with Crippen molar-refractivity contribution in [1.29, 1.82) is 0 Å². The predicted molar refractivity (Wildman–Crippen MR) is 85.5 cm³/mol. The highest BCUT2D eigenvalue weighted by Crippen LogP contribution is 2.37. The Morgan fingerprint density at radius 3 is 2.95 bits per heavy atom. The van der Waals surface area contributed by atoms with Crippen LogP contribution in [0.15, 0.2) is 59.1 Å². The molecular weight excluding hydrogens is 319 g/mol. The molecule has 0 amide bonds. The number of allylic oxidation sites excluding steroid dienone is 5. The van der Waals surface area contributed by atoms with Crippen LogP contribution in [-0.2, 0) is 0 Å². The summed E-state index contributed by atoms with van der Waals surface area (Å²) in [5.41, 5.74) is 4.08. The molecule has 0 spiro atoms. The van der Waals surface area contributed by atoms with Gasteiger partial charge in [0.05, 0.1) is 0 Å². The molecule has 0 saturated carbocycles. The first-order valence-electron chi connectivity index (χ1n) is 6.38. The molecule has 0 bridgehead atoms. The fourth-order valence-corrected chi connectivity index (χ4v) is 2.60. The summed E-state index contributed by atoms with van der Waals surface area (Å²) in [5, 5.41) is 0. The van der Waals surface area contributed by atoms with Gasteiger partial charge in [0.2, 0.25) is 0 Å². The van der Waals surface area contributed by atoms with Crippen LogP contribution in [0.4, 0.5) is 4.39 Å². The first-order valence-corrected chi connectivity index (χ1v) is 7.29. The highest BCUT2D eigenvalue weighted by atomic mass is 79.9. The van der Waals surface area contributed by atoms with Crippen molar-refractivity contribution in [2.75, 3.05) is 6.61 Å². The zero-order valence-corrected chi connectivity index (χ0v) is 12.9. The Morgan fingerprint density at radius 1 is 1.45 bits per heavy atom. The van der Waals surface area contributed by atoms with Crippen molar-refractivity contribution in [3.63, 3.8) is 0 Å². The molecule has 104 valence electrons. The molecule has 3 heteroatoms. The first kappa shape index (κ1) is 14.8. The Kier molecular flexibility index (Phi) is 4.96. The maximum atomic E-state index is 13.4. The Labute approximate surface area is 127 Å². The zero-order valence-electron chi connectivity index (χ0n) is 11.3. The zero-order chi connectivity index (χ0) is 14.5. The molecule has 1 aromatic rings. The van der Waals surface area contributed by atoms with E-state index in [0.717, 1.165) is 28.7 Å². The van der Waals surface area contributed by atoms with Gasteiger partial charge in [-0.25, -0.2) is 4.39 Å². The van der Waals surface area contributed by atoms with Gasteiger partial charge in [0.1, 0.15) is 18.2 Å². The van der Waals surface area contributed by atoms with Crippen molar-refractivity contribution in [2.24, 2.45) is 0 Å². The van der Waals surface area contributed by atoms with Crippen LogP contribution >= 0.6 is 15.9 Å². The molecule has 0 radical (unpaired) electrons. The Hall–Kier alpha value is -1.61. The van der Waals surface area contributed by atoms with Crippen LogP contribution in [0.2, 0.25) is 0 Å². The summed E-state index contributed by atoms with van der Waals surface area (Å²) in [6.07, 6.45) is 6.77. The summed E-state index contributed by atoms with van der Waals surface area (Å²) in [7, 11) is 0. The van der Waals surface area contributed by atoms with E-state index in [1.807, 2.05) is 18.0 Å². The summed E-state index contributed by atoms with van der Waals surface area (Å²) >= 11 is 3.41. The van der Waals surface area contributed by atoms with Gasteiger partial charge >= 0.3 is 0 Å². The summed E-state index contributed by atoms with van der Waals surface area (Å²) < 4.78 is 19.0. The van der Waals surface area contributed by atoms with Gasteiger partial charge in [0.25, 0.3) is 0 Å². The van der Waals surface area contributed by atoms with E-state index in [1.54, 1.807) is 6.07 Å². The van der Waals surface area contributed by atoms with E-state index in [0.29, 0.717) is 12.4 Å². The lowest BCUT2D eigenvalue weighted by molar-refractivity contribution is 0.350. The number of hydrogen-bond acceptors (Lipinski definition) is 1. The van der Waals surface area contributed by atoms with Crippen LogP contribution in [-0.4, -0.2) is 6.61 Å². The van der Waals surface area contributed by atoms with E-state index >= 15 is 0 Å². The van der Waals surface area contributed by atoms with Gasteiger partial charge in [-0.05, 0) is 47.2 Å². The molecule has 0 aromatic heterocycles. The van der Waals surface area contributed by atoms with Gasteiger partial charge in [-0.1, -0.05) is 34.2 Å². The lowest BCUT2D eigenvalue weighted by atomic mass is 9.95. The molecule has 0 unspecified atom stereocenters. The average Bonchev–Trinajstić information content (AvgIpc) is 2.57. The average molecular weight is 335 g/mol. The summed E-state index contributed by atoms with van der Waals surface area (Å²) in [4.78, 5) is 1.86. The monoisotopic (exact) mass is 334 g/mol. The quantitative estimate of drug-likeness (QED) is 0.672. The molecular formula is C17H16BrFO. The maximum Gasteiger partial charge on any atom is 0.130 e. The molecule has 1 nitrogen and oxygen atoms in total. The summed E-state index contributed by atoms with van der Waals surface area (Å²) in [6.45, 7) is 6.18. The van der Waals surface area contributed by atoms with E-state index in [1.165, 1.54) is 12.1 Å². The van der Waals surface area contributed by atoms with Crippen molar-refractivity contribution in [3.8, 4) is 5.75 Å². The fourth-order valence-electron chi connectivity index (χ4n) is 2.11. The number of ether oxygens (including phenoxy) is 1. The van der Waals surface area contributed by atoms with Crippen molar-refractivity contribution in [3.05, 3.63) is 70.5 Å². The van der Waals surface area contributed by atoms with Crippen molar-refractivity contribution in [1.82, 2.24) is 0 Å². The van der Waals surface area contributed by atoms with Gasteiger partial charge in [0.15, 0.2) is 0 Å². The number of fused-ring (bicyclic) bond motifs is 1. The third-order valence-electron chi connectivity index (χ3n) is 3.12. The van der Waals surface area contributed by atoms with E-state index in [4.69, 9.17) is 4.74 Å². The van der Waals surface area contributed by atoms with Crippen molar-refractivity contribution >= 4 is 21.5 Å². The molecule has 20 heavy (non-hydrogen) atoms. The molecule has 1 aliphatic rings. The van der Waals surface area contributed by atoms with E-state index in [9.17, 15) is 4.39 Å². The molecule has 1 aliphatic heterocycles. The first-order chi connectivity index (χ1) is 9.67. The fraction of sp³-hybridized carbons (Fsp3) is 0.176. The molecule has 0 aliphatic carbocycles. The third kappa shape index (κ3) is 3.10. The van der Waals surface area contributed by atoms with Crippen LogP contribution in [0.25, 0.3) is 5.57 Å². The summed E-state index contributed by atoms with van der Waals surface area (Å²) in [5.74, 6) is 0.281. The van der Waals surface area contributed by atoms with Crippen molar-refractivity contribution < 1.29 is 9.13 Å². The second kappa shape index (κ2) is 6.71. The molecule has 0 fully saturated rings. The smallest absolute Gasteiger partial charge is 0.130 e. The van der Waals surface area contributed by atoms with Crippen LogP contribution in [0.1, 0.15) is 18.9 Å². The van der Waals surface area contributed by atoms with Crippen molar-refractivity contribution in [2.45, 2.75) is 13.3 Å². The van der Waals surface area contributed by atoms with Crippen LogP contribution in [0, 0.1) is 5.82 Å². The molecule has 0 N–H and O–H groups in total. The van der Waals surface area contributed by atoms with Gasteiger partial charge in [0, 0.05) is 11.6 Å². The Balaban J connectivity index is 2.50. The van der Waals surface area contributed by atoms with Gasteiger partial charge in [-0.2, -0.15) is 0 Å². The lowest BCUT2D eigenvalue weighted by Crippen LogP contribution is -1.98. The van der Waals surface area contributed by atoms with Crippen LogP contribution < -0.4 is 4.74 Å². The third-order valence-corrected chi connectivity index (χ3v) is 3.58. The largest absolute Gasteiger partial charge is 0.488 e. The summed E-state index contributed by atoms with van der Waals surface area (Å²) in [6, 6.07) is 4.62. The second-order valence-corrected chi connectivity index (χ2v) is 5.03. The topological polar surface area (TPSA) is 9.23 Å². The normalized spacial score (nSPS) is 17.1. The number of rotatable bonds is 3. The van der Waals surface area contributed by atoms with Gasteiger partial charge in [-0.3, -0.25) is 0 Å². The number of benzene rings is 1. The molecule has 0 atom stereocenters. The minimum atomic E-state index is -0.291. The minimum absolute atomic E-state index is 0.291. The molecule has 1 aromatic carbocycles. The van der Waals surface area contributed by atoms with Gasteiger partial charge in [-0.15, -0.1) is 6.58 Å². The highest BCUT2D eigenvalue weighted by Gasteiger charge is 2.18. The maximum absolute atomic E-state index is 13.4. The SMILES string of the molecule is C=CC/C=C\C1=C(C)COc2cc(F)ccc2/C1=C/Br. The van der Waals surface area contributed by atoms with E-state index in [-0.39, 0.29) is 5.82 Å². The Bertz CT molecular complexity index is 611. The minimum Gasteiger partial charge on any atom is -0.488 e. The van der Waals surface area contributed by atoms with Crippen LogP contribution in [0.3, 0.4) is 0 Å². The number of hydrogen-bond donors (Lipinski definition) is 0. The predicted octanol–water partition coefficient (Wildman–Crippen LogP) is 5.40. The molecule has 2 rings (SSSR count). The lowest BCUT2D eigenvalue weighted by Gasteiger charge is -2.10. The second-order valence-electron chi connectivity index (χ2n) is 4.57. The van der Waals surface area contributed by atoms with E-state index < -0.39 is 0 Å². The number of halogens is 2. The Morgan fingerprint density at radius 2 is 2.25 bits per heavy atom. The molecule has 0 saturated heterocycles. The molecule has 1 heterocycles. The van der Waals surface area contributed by atoms with Crippen LogP contribution in [0.5, 0.6) is 5.75 Å². The van der Waals surface area contributed by atoms with E-state index in [2.05, 4.69) is 34.7 Å². The highest BCUT2D eigenvalue weighted by molar-refractivity contribution is 9.11. The standard InChI is InChI=1S/C17H16BrFO/c1-3-4-5-6-14-12(2)11-20-17-9-13(19)7-8-15(17)16(14)10-18/h3,5-10H,1,4,11H2,2H3/b6-5-,16-10+.